The van der Waals surface area contributed by atoms with Gasteiger partial charge >= 0.3 is 0 Å². The van der Waals surface area contributed by atoms with E-state index < -0.39 is 0 Å². The molecule has 0 bridgehead atoms. The minimum Gasteiger partial charge on any atom is -0.383 e. The quantitative estimate of drug-likeness (QED) is 0.850. The van der Waals surface area contributed by atoms with Crippen LogP contribution in [0.15, 0.2) is 36.5 Å². The van der Waals surface area contributed by atoms with Gasteiger partial charge in [0.2, 0.25) is 0 Å². The summed E-state index contributed by atoms with van der Waals surface area (Å²) >= 11 is 5.95. The molecule has 2 aromatic rings. The summed E-state index contributed by atoms with van der Waals surface area (Å²) in [5.41, 5.74) is 9.60. The number of nitrogen functional groups attached to an aromatic ring is 1. The number of halogens is 1. The lowest BCUT2D eigenvalue weighted by molar-refractivity contribution is 0.527. The fourth-order valence-corrected chi connectivity index (χ4v) is 2.62. The van der Waals surface area contributed by atoms with E-state index >= 15 is 0 Å². The summed E-state index contributed by atoms with van der Waals surface area (Å²) in [7, 11) is 0. The predicted molar refractivity (Wildman–Crippen MR) is 89.6 cm³/mol. The van der Waals surface area contributed by atoms with E-state index in [1.54, 1.807) is 6.20 Å². The SMILES string of the molecule is CCCNC(Cc1ccc(Cl)cc1)c1c(C)ccnc1N. The van der Waals surface area contributed by atoms with Crippen LogP contribution in [0.2, 0.25) is 5.02 Å². The van der Waals surface area contributed by atoms with Crippen LogP contribution >= 0.6 is 11.6 Å². The molecule has 0 radical (unpaired) electrons. The highest BCUT2D eigenvalue weighted by molar-refractivity contribution is 6.30. The Hall–Kier alpha value is -1.58. The maximum atomic E-state index is 6.10. The van der Waals surface area contributed by atoms with Crippen LogP contribution in [0.3, 0.4) is 0 Å². The second-order valence-corrected chi connectivity index (χ2v) is 5.70. The topological polar surface area (TPSA) is 50.9 Å². The molecule has 0 fully saturated rings. The van der Waals surface area contributed by atoms with E-state index in [0.29, 0.717) is 5.82 Å². The Kier molecular flexibility index (Phi) is 5.59. The van der Waals surface area contributed by atoms with Crippen LogP contribution < -0.4 is 11.1 Å². The number of aryl methyl sites for hydroxylation is 1. The lowest BCUT2D eigenvalue weighted by Crippen LogP contribution is -2.26. The maximum Gasteiger partial charge on any atom is 0.128 e. The Labute approximate surface area is 131 Å². The van der Waals surface area contributed by atoms with Gasteiger partial charge in [-0.3, -0.25) is 0 Å². The highest BCUT2D eigenvalue weighted by atomic mass is 35.5. The molecule has 112 valence electrons. The van der Waals surface area contributed by atoms with Gasteiger partial charge in [-0.1, -0.05) is 30.7 Å². The standard InChI is InChI=1S/C17H22ClN3/c1-3-9-20-15(11-13-4-6-14(18)7-5-13)16-12(2)8-10-21-17(16)19/h4-8,10,15,20H,3,9,11H2,1-2H3,(H2,19,21). The number of hydrogen-bond acceptors (Lipinski definition) is 3. The molecule has 1 atom stereocenters. The van der Waals surface area contributed by atoms with Gasteiger partial charge in [0.15, 0.2) is 0 Å². The fourth-order valence-electron chi connectivity index (χ4n) is 2.50. The van der Waals surface area contributed by atoms with Gasteiger partial charge in [0.1, 0.15) is 5.82 Å². The van der Waals surface area contributed by atoms with Crippen molar-refractivity contribution in [3.05, 3.63) is 58.2 Å². The van der Waals surface area contributed by atoms with E-state index in [9.17, 15) is 0 Å². The minimum absolute atomic E-state index is 0.167. The largest absolute Gasteiger partial charge is 0.383 e. The number of anilines is 1. The molecule has 1 aromatic carbocycles. The highest BCUT2D eigenvalue weighted by Gasteiger charge is 2.17. The Bertz CT molecular complexity index is 561. The Morgan fingerprint density at radius 1 is 1.24 bits per heavy atom. The van der Waals surface area contributed by atoms with Gasteiger partial charge in [0.05, 0.1) is 0 Å². The van der Waals surface area contributed by atoms with Crippen molar-refractivity contribution in [1.29, 1.82) is 0 Å². The maximum absolute atomic E-state index is 6.10. The fraction of sp³-hybridized carbons (Fsp3) is 0.353. The zero-order valence-electron chi connectivity index (χ0n) is 12.6. The summed E-state index contributed by atoms with van der Waals surface area (Å²) in [4.78, 5) is 4.24. The minimum atomic E-state index is 0.167. The van der Waals surface area contributed by atoms with Gasteiger partial charge in [-0.15, -0.1) is 0 Å². The number of nitrogens with one attached hydrogen (secondary N) is 1. The number of aromatic nitrogens is 1. The molecule has 1 heterocycles. The Balaban J connectivity index is 2.27. The molecule has 0 saturated carbocycles. The molecule has 0 aliphatic rings. The van der Waals surface area contributed by atoms with Crippen LogP contribution in [0, 0.1) is 6.92 Å². The molecule has 4 heteroatoms. The summed E-state index contributed by atoms with van der Waals surface area (Å²) in [6, 6.07) is 10.1. The molecule has 3 nitrogen and oxygen atoms in total. The van der Waals surface area contributed by atoms with E-state index in [2.05, 4.69) is 36.3 Å². The molecule has 0 saturated heterocycles. The molecule has 21 heavy (non-hydrogen) atoms. The summed E-state index contributed by atoms with van der Waals surface area (Å²) < 4.78 is 0. The van der Waals surface area contributed by atoms with Crippen LogP contribution in [0.25, 0.3) is 0 Å². The molecule has 1 unspecified atom stereocenters. The molecule has 0 aliphatic heterocycles. The van der Waals surface area contributed by atoms with Gasteiger partial charge in [0, 0.05) is 22.8 Å². The first-order chi connectivity index (χ1) is 10.1. The smallest absolute Gasteiger partial charge is 0.128 e. The average molecular weight is 304 g/mol. The van der Waals surface area contributed by atoms with Crippen molar-refractivity contribution in [3.8, 4) is 0 Å². The van der Waals surface area contributed by atoms with E-state index in [1.165, 1.54) is 11.1 Å². The summed E-state index contributed by atoms with van der Waals surface area (Å²) in [5.74, 6) is 0.609. The van der Waals surface area contributed by atoms with E-state index in [4.69, 9.17) is 17.3 Å². The lowest BCUT2D eigenvalue weighted by Gasteiger charge is -2.22. The third kappa shape index (κ3) is 4.19. The first-order valence-corrected chi connectivity index (χ1v) is 7.68. The molecule has 0 spiro atoms. The number of nitrogens with zero attached hydrogens (tertiary/aromatic N) is 1. The molecular weight excluding hydrogens is 282 g/mol. The monoisotopic (exact) mass is 303 g/mol. The van der Waals surface area contributed by atoms with E-state index in [-0.39, 0.29) is 6.04 Å². The number of hydrogen-bond donors (Lipinski definition) is 2. The number of pyridine rings is 1. The van der Waals surface area contributed by atoms with Crippen LogP contribution in [-0.2, 0) is 6.42 Å². The predicted octanol–water partition coefficient (Wildman–Crippen LogP) is 3.91. The number of benzene rings is 1. The van der Waals surface area contributed by atoms with Crippen molar-refractivity contribution in [3.63, 3.8) is 0 Å². The normalized spacial score (nSPS) is 12.3. The summed E-state index contributed by atoms with van der Waals surface area (Å²) in [5, 5.41) is 4.34. The first kappa shape index (κ1) is 15.8. The molecule has 1 aromatic heterocycles. The molecule has 0 aliphatic carbocycles. The van der Waals surface area contributed by atoms with Crippen molar-refractivity contribution in [1.82, 2.24) is 10.3 Å². The van der Waals surface area contributed by atoms with Gasteiger partial charge < -0.3 is 11.1 Å². The highest BCUT2D eigenvalue weighted by Crippen LogP contribution is 2.26. The molecule has 2 rings (SSSR count). The van der Waals surface area contributed by atoms with E-state index in [0.717, 1.165) is 30.0 Å². The average Bonchev–Trinajstić information content (AvgIpc) is 2.46. The number of rotatable bonds is 6. The second kappa shape index (κ2) is 7.43. The van der Waals surface area contributed by atoms with Crippen molar-refractivity contribution in [2.45, 2.75) is 32.7 Å². The zero-order valence-corrected chi connectivity index (χ0v) is 13.3. The van der Waals surface area contributed by atoms with Crippen molar-refractivity contribution in [2.75, 3.05) is 12.3 Å². The van der Waals surface area contributed by atoms with Gasteiger partial charge in [0.25, 0.3) is 0 Å². The van der Waals surface area contributed by atoms with Gasteiger partial charge in [-0.25, -0.2) is 4.98 Å². The summed E-state index contributed by atoms with van der Waals surface area (Å²) in [6.07, 6.45) is 3.71. The third-order valence-corrected chi connectivity index (χ3v) is 3.83. The van der Waals surface area contributed by atoms with Crippen LogP contribution in [0.1, 0.15) is 36.1 Å². The molecule has 3 N–H and O–H groups in total. The van der Waals surface area contributed by atoms with Crippen molar-refractivity contribution in [2.24, 2.45) is 0 Å². The van der Waals surface area contributed by atoms with Gasteiger partial charge in [-0.05, 0) is 55.6 Å². The molecular formula is C17H22ClN3. The first-order valence-electron chi connectivity index (χ1n) is 7.30. The van der Waals surface area contributed by atoms with Crippen LogP contribution in [-0.4, -0.2) is 11.5 Å². The van der Waals surface area contributed by atoms with Crippen LogP contribution in [0.4, 0.5) is 5.82 Å². The molecule has 0 amide bonds. The van der Waals surface area contributed by atoms with Gasteiger partial charge in [-0.2, -0.15) is 0 Å². The summed E-state index contributed by atoms with van der Waals surface area (Å²) in [6.45, 7) is 5.19. The zero-order chi connectivity index (χ0) is 15.2. The third-order valence-electron chi connectivity index (χ3n) is 3.58. The second-order valence-electron chi connectivity index (χ2n) is 5.26. The Morgan fingerprint density at radius 2 is 1.95 bits per heavy atom. The van der Waals surface area contributed by atoms with Crippen LogP contribution in [0.5, 0.6) is 0 Å². The van der Waals surface area contributed by atoms with E-state index in [1.807, 2.05) is 18.2 Å². The van der Waals surface area contributed by atoms with Crippen molar-refractivity contribution < 1.29 is 0 Å². The van der Waals surface area contributed by atoms with Crippen molar-refractivity contribution >= 4 is 17.4 Å². The Morgan fingerprint density at radius 3 is 2.57 bits per heavy atom. The lowest BCUT2D eigenvalue weighted by atomic mass is 9.96. The number of nitrogens with two attached hydrogens (primary N) is 1.